The third-order valence-corrected chi connectivity index (χ3v) is 6.50. The molecule has 1 amide bonds. The lowest BCUT2D eigenvalue weighted by atomic mass is 9.83. The molecule has 1 aromatic carbocycles. The van der Waals surface area contributed by atoms with Gasteiger partial charge in [0, 0.05) is 20.2 Å². The van der Waals surface area contributed by atoms with E-state index in [1.807, 2.05) is 24.1 Å². The standard InChI is InChI=1S/C23H33NO4/c1-24(12-11-19-8-4-5-13-26-19)23(25)22(17-6-2-3-7-17)18-9-10-20-21(16-18)28-15-14-27-20/h9-10,16-17,19,22H,2-8,11-15H2,1H3. The average Bonchev–Trinajstić information content (AvgIpc) is 3.27. The first-order valence-corrected chi connectivity index (χ1v) is 11.0. The van der Waals surface area contributed by atoms with E-state index in [0.29, 0.717) is 25.2 Å². The third-order valence-electron chi connectivity index (χ3n) is 6.50. The molecule has 5 heteroatoms. The SMILES string of the molecule is CN(CCC1CCCCO1)C(=O)C(c1ccc2c(c1)OCCO2)C1CCCC1. The van der Waals surface area contributed by atoms with E-state index >= 15 is 0 Å². The van der Waals surface area contributed by atoms with Gasteiger partial charge in [-0.2, -0.15) is 0 Å². The molecule has 2 heterocycles. The van der Waals surface area contributed by atoms with E-state index in [1.54, 1.807) is 0 Å². The fraction of sp³-hybridized carbons (Fsp3) is 0.696. The largest absolute Gasteiger partial charge is 0.486 e. The van der Waals surface area contributed by atoms with Crippen molar-refractivity contribution in [2.75, 3.05) is 33.4 Å². The maximum atomic E-state index is 13.5. The van der Waals surface area contributed by atoms with E-state index in [0.717, 1.165) is 55.9 Å². The highest BCUT2D eigenvalue weighted by atomic mass is 16.6. The first-order valence-electron chi connectivity index (χ1n) is 11.0. The summed E-state index contributed by atoms with van der Waals surface area (Å²) in [5.74, 6) is 2.13. The molecule has 3 aliphatic rings. The first kappa shape index (κ1) is 19.6. The Morgan fingerprint density at radius 3 is 2.54 bits per heavy atom. The van der Waals surface area contributed by atoms with Gasteiger partial charge in [-0.1, -0.05) is 18.9 Å². The number of amides is 1. The molecule has 0 spiro atoms. The van der Waals surface area contributed by atoms with Gasteiger partial charge >= 0.3 is 0 Å². The number of benzene rings is 1. The number of hydrogen-bond acceptors (Lipinski definition) is 4. The summed E-state index contributed by atoms with van der Waals surface area (Å²) in [5.41, 5.74) is 1.07. The van der Waals surface area contributed by atoms with Gasteiger partial charge in [0.2, 0.25) is 5.91 Å². The van der Waals surface area contributed by atoms with Gasteiger partial charge in [-0.15, -0.1) is 0 Å². The van der Waals surface area contributed by atoms with Crippen LogP contribution in [0.15, 0.2) is 18.2 Å². The van der Waals surface area contributed by atoms with Crippen molar-refractivity contribution in [1.29, 1.82) is 0 Å². The molecular weight excluding hydrogens is 354 g/mol. The quantitative estimate of drug-likeness (QED) is 0.736. The van der Waals surface area contributed by atoms with Crippen molar-refractivity contribution in [1.82, 2.24) is 4.90 Å². The summed E-state index contributed by atoms with van der Waals surface area (Å²) in [6.45, 7) is 2.78. The lowest BCUT2D eigenvalue weighted by molar-refractivity contribution is -0.133. The monoisotopic (exact) mass is 387 g/mol. The van der Waals surface area contributed by atoms with E-state index in [2.05, 4.69) is 6.07 Å². The zero-order valence-electron chi connectivity index (χ0n) is 17.0. The zero-order valence-corrected chi connectivity index (χ0v) is 17.0. The van der Waals surface area contributed by atoms with Gasteiger partial charge in [0.15, 0.2) is 11.5 Å². The minimum atomic E-state index is -0.0874. The predicted molar refractivity (Wildman–Crippen MR) is 108 cm³/mol. The fourth-order valence-electron chi connectivity index (χ4n) is 4.88. The van der Waals surface area contributed by atoms with Crippen LogP contribution in [-0.2, 0) is 9.53 Å². The number of hydrogen-bond donors (Lipinski definition) is 0. The molecule has 1 saturated carbocycles. The number of ether oxygens (including phenoxy) is 3. The van der Waals surface area contributed by atoms with Gasteiger partial charge in [0.05, 0.1) is 12.0 Å². The van der Waals surface area contributed by atoms with Crippen LogP contribution in [0.1, 0.15) is 62.8 Å². The summed E-state index contributed by atoms with van der Waals surface area (Å²) in [5, 5.41) is 0. The topological polar surface area (TPSA) is 48.0 Å². The van der Waals surface area contributed by atoms with E-state index < -0.39 is 0 Å². The van der Waals surface area contributed by atoms with Crippen LogP contribution in [-0.4, -0.2) is 50.3 Å². The third kappa shape index (κ3) is 4.45. The molecular formula is C23H33NO4. The van der Waals surface area contributed by atoms with Crippen LogP contribution in [0.3, 0.4) is 0 Å². The summed E-state index contributed by atoms with van der Waals surface area (Å²) >= 11 is 0. The second-order valence-electron chi connectivity index (χ2n) is 8.46. The van der Waals surface area contributed by atoms with Crippen molar-refractivity contribution in [3.8, 4) is 11.5 Å². The van der Waals surface area contributed by atoms with Gasteiger partial charge in [0.1, 0.15) is 13.2 Å². The van der Waals surface area contributed by atoms with Crippen LogP contribution in [0.2, 0.25) is 0 Å². The second kappa shape index (κ2) is 9.17. The second-order valence-corrected chi connectivity index (χ2v) is 8.46. The van der Waals surface area contributed by atoms with Crippen molar-refractivity contribution < 1.29 is 19.0 Å². The molecule has 154 valence electrons. The van der Waals surface area contributed by atoms with Crippen LogP contribution in [0.5, 0.6) is 11.5 Å². The number of carbonyl (C=O) groups is 1. The molecule has 0 N–H and O–H groups in total. The van der Waals surface area contributed by atoms with E-state index in [-0.39, 0.29) is 11.8 Å². The van der Waals surface area contributed by atoms with Crippen LogP contribution in [0.4, 0.5) is 0 Å². The Labute approximate surface area is 168 Å². The highest BCUT2D eigenvalue weighted by Gasteiger charge is 2.34. The van der Waals surface area contributed by atoms with Gasteiger partial charge in [0.25, 0.3) is 0 Å². The van der Waals surface area contributed by atoms with Gasteiger partial charge in [-0.05, 0) is 62.1 Å². The molecule has 0 radical (unpaired) electrons. The number of fused-ring (bicyclic) bond motifs is 1. The predicted octanol–water partition coefficient (Wildman–Crippen LogP) is 4.15. The Balaban J connectivity index is 1.48. The van der Waals surface area contributed by atoms with Crippen molar-refractivity contribution in [2.45, 2.75) is 63.4 Å². The van der Waals surface area contributed by atoms with E-state index in [9.17, 15) is 4.79 Å². The number of rotatable bonds is 6. The smallest absolute Gasteiger partial charge is 0.230 e. The Hall–Kier alpha value is -1.75. The molecule has 5 nitrogen and oxygen atoms in total. The summed E-state index contributed by atoms with van der Waals surface area (Å²) in [6, 6.07) is 6.06. The maximum absolute atomic E-state index is 13.5. The molecule has 0 aromatic heterocycles. The van der Waals surface area contributed by atoms with Crippen molar-refractivity contribution in [3.05, 3.63) is 23.8 Å². The minimum Gasteiger partial charge on any atom is -0.486 e. The van der Waals surface area contributed by atoms with Crippen LogP contribution in [0, 0.1) is 5.92 Å². The van der Waals surface area contributed by atoms with Crippen LogP contribution >= 0.6 is 0 Å². The summed E-state index contributed by atoms with van der Waals surface area (Å²) in [7, 11) is 1.95. The minimum absolute atomic E-state index is 0.0874. The number of nitrogens with zero attached hydrogens (tertiary/aromatic N) is 1. The lowest BCUT2D eigenvalue weighted by Crippen LogP contribution is -2.37. The number of carbonyl (C=O) groups excluding carboxylic acids is 1. The van der Waals surface area contributed by atoms with Crippen LogP contribution < -0.4 is 9.47 Å². The average molecular weight is 388 g/mol. The molecule has 0 bridgehead atoms. The molecule has 2 aliphatic heterocycles. The normalized spacial score (nSPS) is 23.4. The highest BCUT2D eigenvalue weighted by Crippen LogP contribution is 2.41. The highest BCUT2D eigenvalue weighted by molar-refractivity contribution is 5.84. The Bertz CT molecular complexity index is 665. The molecule has 4 rings (SSSR count). The van der Waals surface area contributed by atoms with E-state index in [4.69, 9.17) is 14.2 Å². The first-order chi connectivity index (χ1) is 13.7. The molecule has 1 aromatic rings. The molecule has 28 heavy (non-hydrogen) atoms. The maximum Gasteiger partial charge on any atom is 0.230 e. The lowest BCUT2D eigenvalue weighted by Gasteiger charge is -2.30. The Morgan fingerprint density at radius 1 is 1.04 bits per heavy atom. The number of likely N-dealkylation sites (N-methyl/N-ethyl adjacent to an activating group) is 1. The van der Waals surface area contributed by atoms with Gasteiger partial charge in [-0.25, -0.2) is 0 Å². The van der Waals surface area contributed by atoms with Crippen molar-refractivity contribution in [3.63, 3.8) is 0 Å². The molecule has 1 saturated heterocycles. The van der Waals surface area contributed by atoms with Crippen molar-refractivity contribution in [2.24, 2.45) is 5.92 Å². The summed E-state index contributed by atoms with van der Waals surface area (Å²) in [6.07, 6.45) is 9.47. The fourth-order valence-corrected chi connectivity index (χ4v) is 4.88. The summed E-state index contributed by atoms with van der Waals surface area (Å²) < 4.78 is 17.3. The Morgan fingerprint density at radius 2 is 1.79 bits per heavy atom. The van der Waals surface area contributed by atoms with Gasteiger partial charge in [-0.3, -0.25) is 4.79 Å². The molecule has 2 atom stereocenters. The summed E-state index contributed by atoms with van der Waals surface area (Å²) in [4.78, 5) is 15.4. The molecule has 1 aliphatic carbocycles. The molecule has 2 unspecified atom stereocenters. The van der Waals surface area contributed by atoms with Gasteiger partial charge < -0.3 is 19.1 Å². The Kier molecular flexibility index (Phi) is 6.40. The van der Waals surface area contributed by atoms with Crippen LogP contribution in [0.25, 0.3) is 0 Å². The zero-order chi connectivity index (χ0) is 19.3. The van der Waals surface area contributed by atoms with E-state index in [1.165, 1.54) is 25.7 Å². The van der Waals surface area contributed by atoms with Crippen molar-refractivity contribution >= 4 is 5.91 Å². The molecule has 2 fully saturated rings.